The van der Waals surface area contributed by atoms with Crippen LogP contribution in [0.5, 0.6) is 0 Å². The summed E-state index contributed by atoms with van der Waals surface area (Å²) in [4.78, 5) is 198. The Morgan fingerprint density at radius 2 is 0.633 bits per heavy atom. The summed E-state index contributed by atoms with van der Waals surface area (Å²) >= 11 is 0. The number of amides is 14. The molecule has 3 aromatic carbocycles. The molecule has 14 amide bonds. The third-order valence-electron chi connectivity index (χ3n) is 23.7. The summed E-state index contributed by atoms with van der Waals surface area (Å²) in [5.74, 6) is -4.74. The molecule has 0 aliphatic rings. The number of likely N-dealkylation sites (N-methyl/N-ethyl adjacent to an activating group) is 6. The number of benzene rings is 3. The molecule has 0 aliphatic heterocycles. The second kappa shape index (κ2) is 67.4. The average molecular weight is 1960 g/mol. The molecule has 3 rings (SSSR count). The maximum absolute atomic E-state index is 13.5. The number of nitrogens with two attached hydrogens (primary N) is 3. The fourth-order valence-electron chi connectivity index (χ4n) is 12.9. The molecule has 0 bridgehead atoms. The number of ether oxygens (including phenoxy) is 6. The Hall–Kier alpha value is -10.9. The topological polar surface area (TPSA) is 505 Å². The summed E-state index contributed by atoms with van der Waals surface area (Å²) in [6.07, 6.45) is 2.43. The number of rotatable bonds is 62. The van der Waals surface area contributed by atoms with E-state index >= 15 is 0 Å². The molecule has 139 heavy (non-hydrogen) atoms. The van der Waals surface area contributed by atoms with Gasteiger partial charge >= 0.3 is 36.4 Å². The number of anilines is 3. The maximum Gasteiger partial charge on any atom is 0.409 e. The van der Waals surface area contributed by atoms with Crippen molar-refractivity contribution < 1.29 is 100 Å². The Bertz CT molecular complexity index is 4210. The second-order valence-electron chi connectivity index (χ2n) is 39.3. The van der Waals surface area contributed by atoms with Gasteiger partial charge in [0.05, 0.1) is 45.1 Å². The van der Waals surface area contributed by atoms with E-state index < -0.39 is 72.1 Å². The zero-order valence-corrected chi connectivity index (χ0v) is 87.7. The van der Waals surface area contributed by atoms with E-state index in [-0.39, 0.29) is 172 Å². The highest BCUT2D eigenvalue weighted by molar-refractivity contribution is 5.99. The van der Waals surface area contributed by atoms with Gasteiger partial charge in [0.25, 0.3) is 0 Å². The van der Waals surface area contributed by atoms with Gasteiger partial charge < -0.3 is 103 Å². The molecule has 0 radical (unpaired) electrons. The number of urea groups is 3. The van der Waals surface area contributed by atoms with Crippen LogP contribution in [0, 0.1) is 41.4 Å². The molecular weight excluding hydrogens is 1790 g/mol. The normalized spacial score (nSPS) is 12.8. The van der Waals surface area contributed by atoms with E-state index in [0.717, 1.165) is 29.7 Å². The van der Waals surface area contributed by atoms with Crippen LogP contribution in [0.1, 0.15) is 231 Å². The van der Waals surface area contributed by atoms with Crippen molar-refractivity contribution in [3.63, 3.8) is 0 Å². The number of carbonyl (C=O) groups excluding carboxylic acids is 15. The summed E-state index contributed by atoms with van der Waals surface area (Å²) in [6.45, 7) is 43.2. The lowest BCUT2D eigenvalue weighted by Crippen LogP contribution is -2.45. The molecule has 0 aromatic heterocycles. The van der Waals surface area contributed by atoms with Crippen LogP contribution < -0.4 is 59.7 Å². The molecular formula is C101H171N17O21. The van der Waals surface area contributed by atoms with Gasteiger partial charge in [0, 0.05) is 189 Å². The van der Waals surface area contributed by atoms with Gasteiger partial charge in [-0.2, -0.15) is 0 Å². The number of Topliss-reactive ketones (excluding diaryl/α,β-unsaturated/α-hetero) is 4. The SMILES string of the molecule is CC(C)[C@H](C)C(=O)C[C@@H](CCCNC(N)=O)C(=O)Nc1ccc(COC(=O)N(C)CCN(C)C(C)(C)C)cc1.CCC(=O)CCC(=O)N[C@H](C(=O)C[C@@H](CCCNC(N)=O)C(=O)Nc1ccc(COC(=O)N(C)CCN(C)C(C)(C)C)cc1)C(C)C.CCCOCCOCCOCCC(=O)N[C@H](C(=O)C[C@@H](CCCNC(N)=O)C(=O)Nc1ccc(COC(=O)N(C)CCN(C)C(C)(C)C)cc1)C(C)C. The van der Waals surface area contributed by atoms with Gasteiger partial charge in [0.2, 0.25) is 29.5 Å². The Morgan fingerprint density at radius 3 is 0.899 bits per heavy atom. The van der Waals surface area contributed by atoms with Gasteiger partial charge in [-0.3, -0.25) is 57.9 Å². The zero-order chi connectivity index (χ0) is 105. The maximum atomic E-state index is 13.5. The first-order valence-corrected chi connectivity index (χ1v) is 48.6. The molecule has 0 spiro atoms. The number of primary amides is 3. The minimum absolute atomic E-state index is 0.00713. The Labute approximate surface area is 826 Å². The fraction of sp³-hybridized carbons (Fsp3) is 0.673. The van der Waals surface area contributed by atoms with E-state index in [1.807, 2.05) is 62.7 Å². The van der Waals surface area contributed by atoms with Crippen molar-refractivity contribution >= 4 is 106 Å². The lowest BCUT2D eigenvalue weighted by atomic mass is 9.86. The summed E-state index contributed by atoms with van der Waals surface area (Å²) in [5.41, 5.74) is 19.3. The minimum Gasteiger partial charge on any atom is -0.445 e. The molecule has 0 saturated carbocycles. The first kappa shape index (κ1) is 126. The van der Waals surface area contributed by atoms with Crippen molar-refractivity contribution in [3.05, 3.63) is 89.5 Å². The first-order chi connectivity index (χ1) is 65.1. The summed E-state index contributed by atoms with van der Waals surface area (Å²) in [6, 6.07) is 17.2. The van der Waals surface area contributed by atoms with Crippen LogP contribution in [0.2, 0.25) is 0 Å². The predicted octanol–water partition coefficient (Wildman–Crippen LogP) is 12.0. The van der Waals surface area contributed by atoms with Crippen LogP contribution in [0.3, 0.4) is 0 Å². The molecule has 0 unspecified atom stereocenters. The monoisotopic (exact) mass is 1960 g/mol. The van der Waals surface area contributed by atoms with Crippen LogP contribution in [0.15, 0.2) is 72.8 Å². The molecule has 14 N–H and O–H groups in total. The zero-order valence-electron chi connectivity index (χ0n) is 87.7. The molecule has 38 nitrogen and oxygen atoms in total. The van der Waals surface area contributed by atoms with E-state index in [4.69, 9.17) is 45.6 Å². The quantitative estimate of drug-likeness (QED) is 0.0185. The van der Waals surface area contributed by atoms with Gasteiger partial charge in [-0.1, -0.05) is 98.7 Å². The standard InChI is InChI=1S/C38H66N6O9.C34H56N6O7.C29H49N5O5/c1-9-20-50-22-24-52-25-23-51-21-16-33(46)42-34(28(2)3)32(45)26-30(11-10-17-40-36(39)48)35(47)41-31-14-12-29(13-15-31)27-53-37(49)43(7)18-19-44(8)38(4,5)6;1-9-27(41)16-17-29(43)38-30(23(2)3)28(42)21-25(11-10-18-36-32(35)45)31(44)37-26-14-12-24(13-15-26)22-47-33(46)39(7)19-20-40(8)34(4,5)6;1-20(2)21(3)25(35)18-23(10-9-15-31-27(30)37)26(36)32-24-13-11-22(12-14-24)19-39-28(38)33(7)16-17-34(8)29(4,5)6/h12-15,28,30,34H,9-11,16-27H2,1-8H3,(H,41,47)(H,42,46)(H3,39,40,48);12-15,23,25,30H,9-11,16-22H2,1-8H3,(H,37,44)(H,38,43)(H3,35,36,45);11-14,20-21,23H,9-10,15-19H2,1-8H3,(H,32,36)(H3,30,31,37)/t30-,34+;25-,30+;21-,23+/m110/s1. The van der Waals surface area contributed by atoms with Gasteiger partial charge in [-0.15, -0.1) is 0 Å². The first-order valence-electron chi connectivity index (χ1n) is 48.6. The van der Waals surface area contributed by atoms with E-state index in [1.165, 1.54) is 9.80 Å². The van der Waals surface area contributed by atoms with Crippen molar-refractivity contribution in [2.75, 3.05) is 157 Å². The van der Waals surface area contributed by atoms with Crippen LogP contribution in [0.4, 0.5) is 45.8 Å². The predicted molar refractivity (Wildman–Crippen MR) is 540 cm³/mol. The van der Waals surface area contributed by atoms with Crippen molar-refractivity contribution in [3.8, 4) is 0 Å². The number of ketones is 4. The second-order valence-corrected chi connectivity index (χ2v) is 39.3. The van der Waals surface area contributed by atoms with Crippen molar-refractivity contribution in [2.24, 2.45) is 58.6 Å². The van der Waals surface area contributed by atoms with Crippen molar-refractivity contribution in [1.82, 2.24) is 56.0 Å². The van der Waals surface area contributed by atoms with Crippen LogP contribution in [0.25, 0.3) is 0 Å². The number of nitrogens with one attached hydrogen (secondary N) is 8. The fourth-order valence-corrected chi connectivity index (χ4v) is 12.9. The molecule has 0 heterocycles. The Kier molecular flexibility index (Phi) is 61.2. The minimum atomic E-state index is -0.821. The van der Waals surface area contributed by atoms with Crippen LogP contribution in [-0.4, -0.2) is 288 Å². The highest BCUT2D eigenvalue weighted by Gasteiger charge is 2.34. The number of hydrogen-bond acceptors (Lipinski definition) is 24. The highest BCUT2D eigenvalue weighted by atomic mass is 16.6. The van der Waals surface area contributed by atoms with Gasteiger partial charge in [0.1, 0.15) is 31.4 Å². The molecule has 0 aliphatic carbocycles. The van der Waals surface area contributed by atoms with Crippen LogP contribution in [-0.2, 0) is 91.4 Å². The van der Waals surface area contributed by atoms with E-state index in [9.17, 15) is 71.9 Å². The Balaban J connectivity index is 0.00000105. The van der Waals surface area contributed by atoms with Crippen LogP contribution >= 0.6 is 0 Å². The molecule has 0 fully saturated rings. The number of nitrogens with zero attached hydrogens (tertiary/aromatic N) is 6. The molecule has 3 aromatic rings. The number of carbonyl (C=O) groups is 15. The molecule has 786 valence electrons. The third kappa shape index (κ3) is 56.8. The third-order valence-corrected chi connectivity index (χ3v) is 23.7. The highest BCUT2D eigenvalue weighted by Crippen LogP contribution is 2.26. The summed E-state index contributed by atoms with van der Waals surface area (Å²) in [7, 11) is 11.1. The van der Waals surface area contributed by atoms with Gasteiger partial charge in [-0.05, 0) is 199 Å². The lowest BCUT2D eigenvalue weighted by molar-refractivity contribution is -0.131. The number of hydrogen-bond donors (Lipinski definition) is 11. The van der Waals surface area contributed by atoms with E-state index in [1.54, 1.807) is 120 Å². The van der Waals surface area contributed by atoms with Crippen molar-refractivity contribution in [1.29, 1.82) is 0 Å². The summed E-state index contributed by atoms with van der Waals surface area (Å²) in [5, 5.41) is 21.7. The van der Waals surface area contributed by atoms with Gasteiger partial charge in [-0.25, -0.2) is 28.8 Å². The largest absolute Gasteiger partial charge is 0.445 e. The summed E-state index contributed by atoms with van der Waals surface area (Å²) < 4.78 is 32.6. The lowest BCUT2D eigenvalue weighted by Gasteiger charge is -2.33. The molecule has 6 atom stereocenters. The van der Waals surface area contributed by atoms with E-state index in [0.29, 0.717) is 128 Å². The molecule has 38 heteroatoms. The van der Waals surface area contributed by atoms with Gasteiger partial charge in [0.15, 0.2) is 11.6 Å². The molecule has 0 saturated heterocycles. The Morgan fingerprint density at radius 1 is 0.353 bits per heavy atom. The van der Waals surface area contributed by atoms with Crippen molar-refractivity contribution in [2.45, 2.75) is 263 Å². The smallest absolute Gasteiger partial charge is 0.409 e. The van der Waals surface area contributed by atoms with E-state index in [2.05, 4.69) is 120 Å². The average Bonchev–Trinajstić information content (AvgIpc) is 0.863.